The number of benzene rings is 1. The molecule has 1 N–H and O–H groups in total. The first-order valence-electron chi connectivity index (χ1n) is 6.74. The van der Waals surface area contributed by atoms with Crippen LogP contribution < -0.4 is 5.32 Å². The molecule has 0 saturated heterocycles. The SMILES string of the molecule is COCCCNC(=O)CN(C)C(=O)c1ccc(CCl)cc1. The first-order valence-corrected chi connectivity index (χ1v) is 7.28. The van der Waals surface area contributed by atoms with E-state index in [1.165, 1.54) is 4.90 Å². The van der Waals surface area contributed by atoms with Crippen LogP contribution in [0.5, 0.6) is 0 Å². The zero-order valence-electron chi connectivity index (χ0n) is 12.4. The summed E-state index contributed by atoms with van der Waals surface area (Å²) in [6, 6.07) is 7.04. The smallest absolute Gasteiger partial charge is 0.254 e. The minimum Gasteiger partial charge on any atom is -0.385 e. The highest BCUT2D eigenvalue weighted by Crippen LogP contribution is 2.08. The fourth-order valence-corrected chi connectivity index (χ4v) is 1.92. The van der Waals surface area contributed by atoms with E-state index in [2.05, 4.69) is 5.32 Å². The molecule has 0 aliphatic carbocycles. The first-order chi connectivity index (χ1) is 10.1. The number of rotatable bonds is 8. The second-order valence-corrected chi connectivity index (χ2v) is 4.96. The van der Waals surface area contributed by atoms with Crippen molar-refractivity contribution in [2.45, 2.75) is 12.3 Å². The van der Waals surface area contributed by atoms with Gasteiger partial charge < -0.3 is 15.0 Å². The zero-order valence-corrected chi connectivity index (χ0v) is 13.2. The number of carbonyl (C=O) groups is 2. The second kappa shape index (κ2) is 9.37. The molecular formula is C15H21ClN2O3. The predicted molar refractivity (Wildman–Crippen MR) is 82.5 cm³/mol. The second-order valence-electron chi connectivity index (χ2n) is 4.69. The lowest BCUT2D eigenvalue weighted by atomic mass is 10.1. The Hall–Kier alpha value is -1.59. The molecule has 0 aromatic heterocycles. The predicted octanol–water partition coefficient (Wildman–Crippen LogP) is 1.65. The molecule has 1 aromatic carbocycles. The maximum atomic E-state index is 12.1. The monoisotopic (exact) mass is 312 g/mol. The molecule has 21 heavy (non-hydrogen) atoms. The molecule has 0 unspecified atom stereocenters. The molecule has 0 radical (unpaired) electrons. The average Bonchev–Trinajstić information content (AvgIpc) is 2.51. The summed E-state index contributed by atoms with van der Waals surface area (Å²) in [6.45, 7) is 1.17. The Morgan fingerprint density at radius 2 is 1.95 bits per heavy atom. The lowest BCUT2D eigenvalue weighted by Crippen LogP contribution is -2.38. The van der Waals surface area contributed by atoms with Crippen molar-refractivity contribution in [3.63, 3.8) is 0 Å². The quantitative estimate of drug-likeness (QED) is 0.586. The summed E-state index contributed by atoms with van der Waals surface area (Å²) in [5.74, 6) is 0.0382. The number of methoxy groups -OCH3 is 1. The first kappa shape index (κ1) is 17.5. The summed E-state index contributed by atoms with van der Waals surface area (Å²) < 4.78 is 4.89. The van der Waals surface area contributed by atoms with Gasteiger partial charge in [0.15, 0.2) is 0 Å². The van der Waals surface area contributed by atoms with E-state index >= 15 is 0 Å². The van der Waals surface area contributed by atoms with Crippen LogP contribution >= 0.6 is 11.6 Å². The summed E-state index contributed by atoms with van der Waals surface area (Å²) in [5.41, 5.74) is 1.49. The number of alkyl halides is 1. The molecule has 5 nitrogen and oxygen atoms in total. The Labute approximate surface area is 130 Å². The van der Waals surface area contributed by atoms with E-state index in [0.29, 0.717) is 24.6 Å². The average molecular weight is 313 g/mol. The lowest BCUT2D eigenvalue weighted by molar-refractivity contribution is -0.121. The van der Waals surface area contributed by atoms with Gasteiger partial charge in [0.05, 0.1) is 6.54 Å². The summed E-state index contributed by atoms with van der Waals surface area (Å²) >= 11 is 5.70. The Kier molecular flexibility index (Phi) is 7.79. The summed E-state index contributed by atoms with van der Waals surface area (Å²) in [5, 5.41) is 2.74. The van der Waals surface area contributed by atoms with Crippen LogP contribution in [-0.2, 0) is 15.4 Å². The van der Waals surface area contributed by atoms with Gasteiger partial charge in [0.2, 0.25) is 5.91 Å². The topological polar surface area (TPSA) is 58.6 Å². The van der Waals surface area contributed by atoms with Crippen LogP contribution in [0.1, 0.15) is 22.3 Å². The van der Waals surface area contributed by atoms with Gasteiger partial charge >= 0.3 is 0 Å². The molecule has 0 fully saturated rings. The lowest BCUT2D eigenvalue weighted by Gasteiger charge is -2.17. The standard InChI is InChI=1S/C15H21ClN2O3/c1-18(11-14(19)17-8-3-9-21-2)15(20)13-6-4-12(10-16)5-7-13/h4-7H,3,8-11H2,1-2H3,(H,17,19). The van der Waals surface area contributed by atoms with E-state index in [4.69, 9.17) is 16.3 Å². The Morgan fingerprint density at radius 3 is 2.52 bits per heavy atom. The number of amides is 2. The number of hydrogen-bond acceptors (Lipinski definition) is 3. The Balaban J connectivity index is 2.44. The minimum atomic E-state index is -0.192. The van der Waals surface area contributed by atoms with Crippen LogP contribution in [0.25, 0.3) is 0 Å². The zero-order chi connectivity index (χ0) is 15.7. The van der Waals surface area contributed by atoms with E-state index in [1.807, 2.05) is 0 Å². The highest BCUT2D eigenvalue weighted by molar-refractivity contribution is 6.17. The molecule has 6 heteroatoms. The van der Waals surface area contributed by atoms with Crippen LogP contribution in [0.2, 0.25) is 0 Å². The van der Waals surface area contributed by atoms with Crippen LogP contribution in [0.3, 0.4) is 0 Å². The van der Waals surface area contributed by atoms with E-state index < -0.39 is 0 Å². The third-order valence-corrected chi connectivity index (χ3v) is 3.24. The highest BCUT2D eigenvalue weighted by atomic mass is 35.5. The molecule has 0 spiro atoms. The van der Waals surface area contributed by atoms with E-state index in [0.717, 1.165) is 12.0 Å². The highest BCUT2D eigenvalue weighted by Gasteiger charge is 2.14. The molecule has 0 saturated carbocycles. The number of hydrogen-bond donors (Lipinski definition) is 1. The Morgan fingerprint density at radius 1 is 1.29 bits per heavy atom. The van der Waals surface area contributed by atoms with E-state index in [-0.39, 0.29) is 18.4 Å². The molecule has 1 rings (SSSR count). The minimum absolute atomic E-state index is 0.0308. The third-order valence-electron chi connectivity index (χ3n) is 2.93. The fourth-order valence-electron chi connectivity index (χ4n) is 1.74. The van der Waals surface area contributed by atoms with E-state index in [1.54, 1.807) is 38.4 Å². The number of nitrogens with zero attached hydrogens (tertiary/aromatic N) is 1. The number of halogens is 1. The van der Waals surface area contributed by atoms with Gasteiger partial charge in [0.25, 0.3) is 5.91 Å². The third kappa shape index (κ3) is 6.14. The van der Waals surface area contributed by atoms with Crippen molar-refractivity contribution in [3.8, 4) is 0 Å². The number of ether oxygens (including phenoxy) is 1. The van der Waals surface area contributed by atoms with Crippen molar-refractivity contribution in [1.29, 1.82) is 0 Å². The molecule has 116 valence electrons. The van der Waals surface area contributed by atoms with Crippen molar-refractivity contribution < 1.29 is 14.3 Å². The molecule has 0 aliphatic heterocycles. The molecule has 0 atom stereocenters. The molecule has 1 aromatic rings. The van der Waals surface area contributed by atoms with Crippen LogP contribution in [-0.4, -0.2) is 50.6 Å². The molecular weight excluding hydrogens is 292 g/mol. The molecule has 0 aliphatic rings. The van der Waals surface area contributed by atoms with Gasteiger partial charge in [-0.05, 0) is 24.1 Å². The van der Waals surface area contributed by atoms with Crippen LogP contribution in [0, 0.1) is 0 Å². The fraction of sp³-hybridized carbons (Fsp3) is 0.467. The molecule has 2 amide bonds. The largest absolute Gasteiger partial charge is 0.385 e. The van der Waals surface area contributed by atoms with Gasteiger partial charge in [-0.15, -0.1) is 11.6 Å². The number of nitrogens with one attached hydrogen (secondary N) is 1. The van der Waals surface area contributed by atoms with Crippen molar-refractivity contribution in [1.82, 2.24) is 10.2 Å². The molecule has 0 bridgehead atoms. The van der Waals surface area contributed by atoms with Gasteiger partial charge in [-0.2, -0.15) is 0 Å². The van der Waals surface area contributed by atoms with Gasteiger partial charge in [0, 0.05) is 38.8 Å². The normalized spacial score (nSPS) is 10.2. The van der Waals surface area contributed by atoms with Crippen molar-refractivity contribution >= 4 is 23.4 Å². The van der Waals surface area contributed by atoms with Crippen molar-refractivity contribution in [2.24, 2.45) is 0 Å². The number of carbonyl (C=O) groups excluding carboxylic acids is 2. The van der Waals surface area contributed by atoms with Gasteiger partial charge in [0.1, 0.15) is 0 Å². The number of likely N-dealkylation sites (N-methyl/N-ethyl adjacent to an activating group) is 1. The maximum Gasteiger partial charge on any atom is 0.254 e. The van der Waals surface area contributed by atoms with E-state index in [9.17, 15) is 9.59 Å². The summed E-state index contributed by atoms with van der Waals surface area (Å²) in [7, 11) is 3.22. The summed E-state index contributed by atoms with van der Waals surface area (Å²) in [4.78, 5) is 25.2. The van der Waals surface area contributed by atoms with Gasteiger partial charge in [-0.25, -0.2) is 0 Å². The Bertz CT molecular complexity index is 462. The molecule has 0 heterocycles. The van der Waals surface area contributed by atoms with Crippen LogP contribution in [0.15, 0.2) is 24.3 Å². The van der Waals surface area contributed by atoms with Gasteiger partial charge in [-0.1, -0.05) is 12.1 Å². The van der Waals surface area contributed by atoms with Crippen molar-refractivity contribution in [3.05, 3.63) is 35.4 Å². The van der Waals surface area contributed by atoms with Crippen LogP contribution in [0.4, 0.5) is 0 Å². The maximum absolute atomic E-state index is 12.1. The van der Waals surface area contributed by atoms with Crippen molar-refractivity contribution in [2.75, 3.05) is 33.9 Å². The van der Waals surface area contributed by atoms with Gasteiger partial charge in [-0.3, -0.25) is 9.59 Å². The summed E-state index contributed by atoms with van der Waals surface area (Å²) in [6.07, 6.45) is 0.750.